The lowest BCUT2D eigenvalue weighted by Crippen LogP contribution is -2.46. The Bertz CT molecular complexity index is 685. The van der Waals surface area contributed by atoms with Gasteiger partial charge in [0.2, 0.25) is 5.91 Å². The summed E-state index contributed by atoms with van der Waals surface area (Å²) < 4.78 is 4.68. The lowest BCUT2D eigenvalue weighted by Gasteiger charge is -2.38. The van der Waals surface area contributed by atoms with Crippen molar-refractivity contribution in [3.63, 3.8) is 0 Å². The number of rotatable bonds is 2. The van der Waals surface area contributed by atoms with Gasteiger partial charge >= 0.3 is 6.09 Å². The summed E-state index contributed by atoms with van der Waals surface area (Å²) in [5, 5.41) is 5.89. The number of ether oxygens (including phenoxy) is 1. The first-order valence-corrected chi connectivity index (χ1v) is 8.98. The Labute approximate surface area is 147 Å². The summed E-state index contributed by atoms with van der Waals surface area (Å²) in [6.07, 6.45) is 5.98. The number of methoxy groups -OCH3 is 1. The van der Waals surface area contributed by atoms with Gasteiger partial charge in [-0.25, -0.2) is 4.79 Å². The minimum Gasteiger partial charge on any atom is -0.453 e. The van der Waals surface area contributed by atoms with E-state index in [0.717, 1.165) is 56.6 Å². The zero-order valence-corrected chi connectivity index (χ0v) is 14.5. The normalized spacial score (nSPS) is 31.6. The van der Waals surface area contributed by atoms with E-state index in [1.807, 2.05) is 12.1 Å². The van der Waals surface area contributed by atoms with E-state index in [1.54, 1.807) is 6.20 Å². The summed E-state index contributed by atoms with van der Waals surface area (Å²) in [6, 6.07) is 4.42. The quantitative estimate of drug-likeness (QED) is 0.852. The lowest BCUT2D eigenvalue weighted by molar-refractivity contribution is -0.122. The molecule has 1 saturated heterocycles. The molecule has 1 aliphatic carbocycles. The molecule has 1 aromatic heterocycles. The molecule has 3 heterocycles. The summed E-state index contributed by atoms with van der Waals surface area (Å²) in [4.78, 5) is 30.9. The van der Waals surface area contributed by atoms with Crippen LogP contribution in [0.2, 0.25) is 0 Å². The predicted molar refractivity (Wildman–Crippen MR) is 92.3 cm³/mol. The Morgan fingerprint density at radius 3 is 2.96 bits per heavy atom. The number of likely N-dealkylation sites (tertiary alicyclic amines) is 1. The molecule has 0 radical (unpaired) electrons. The Morgan fingerprint density at radius 2 is 2.20 bits per heavy atom. The molecule has 0 unspecified atom stereocenters. The molecule has 1 saturated carbocycles. The number of alkyl carbamates (subject to hydrolysis) is 1. The van der Waals surface area contributed by atoms with Gasteiger partial charge in [0.1, 0.15) is 0 Å². The highest BCUT2D eigenvalue weighted by Gasteiger charge is 2.50. The van der Waals surface area contributed by atoms with Gasteiger partial charge in [-0.15, -0.1) is 0 Å². The number of carbonyl (C=O) groups excluding carboxylic acids is 2. The Morgan fingerprint density at radius 1 is 1.40 bits per heavy atom. The summed E-state index contributed by atoms with van der Waals surface area (Å²) in [6.45, 7) is 1.83. The molecule has 7 heteroatoms. The van der Waals surface area contributed by atoms with Gasteiger partial charge in [0.25, 0.3) is 0 Å². The van der Waals surface area contributed by atoms with Crippen LogP contribution < -0.4 is 10.6 Å². The standard InChI is InChI=1S/C18H24N4O3/c1-25-17(24)20-12-6-10-22(11-12)13-4-7-18(8-5-13)15-14(21-16(18)23)3-2-9-19-15/h2-3,9,12-13H,4-8,10-11H2,1H3,(H,20,24)(H,21,23)/t12-,13?,18?/m1/s1. The lowest BCUT2D eigenvalue weighted by atomic mass is 9.70. The fraction of sp³-hybridized carbons (Fsp3) is 0.611. The van der Waals surface area contributed by atoms with E-state index in [2.05, 4.69) is 25.3 Å². The molecule has 25 heavy (non-hydrogen) atoms. The molecule has 2 amide bonds. The maximum absolute atomic E-state index is 12.6. The second-order valence-corrected chi connectivity index (χ2v) is 7.28. The van der Waals surface area contributed by atoms with Gasteiger partial charge in [-0.3, -0.25) is 14.7 Å². The van der Waals surface area contributed by atoms with Crippen LogP contribution in [-0.4, -0.2) is 54.2 Å². The Hall–Kier alpha value is -2.15. The van der Waals surface area contributed by atoms with E-state index in [1.165, 1.54) is 7.11 Å². The van der Waals surface area contributed by atoms with Crippen LogP contribution in [0.25, 0.3) is 0 Å². The number of pyridine rings is 1. The first-order valence-electron chi connectivity index (χ1n) is 8.98. The van der Waals surface area contributed by atoms with Crippen LogP contribution in [0.3, 0.4) is 0 Å². The largest absolute Gasteiger partial charge is 0.453 e. The summed E-state index contributed by atoms with van der Waals surface area (Å²) in [5.74, 6) is 0.103. The summed E-state index contributed by atoms with van der Waals surface area (Å²) >= 11 is 0. The maximum Gasteiger partial charge on any atom is 0.407 e. The molecule has 4 rings (SSSR count). The first kappa shape index (κ1) is 16.3. The van der Waals surface area contributed by atoms with Crippen LogP contribution >= 0.6 is 0 Å². The number of nitrogens with one attached hydrogen (secondary N) is 2. The molecule has 2 N–H and O–H groups in total. The van der Waals surface area contributed by atoms with Crippen molar-refractivity contribution in [2.75, 3.05) is 25.5 Å². The highest BCUT2D eigenvalue weighted by molar-refractivity contribution is 6.05. The van der Waals surface area contributed by atoms with E-state index in [-0.39, 0.29) is 18.0 Å². The summed E-state index contributed by atoms with van der Waals surface area (Å²) in [7, 11) is 1.39. The minimum absolute atomic E-state index is 0.103. The van der Waals surface area contributed by atoms with Crippen LogP contribution in [0.5, 0.6) is 0 Å². The number of hydrogen-bond donors (Lipinski definition) is 2. The van der Waals surface area contributed by atoms with Gasteiger partial charge in [-0.1, -0.05) is 0 Å². The zero-order chi connectivity index (χ0) is 17.4. The molecule has 0 bridgehead atoms. The average Bonchev–Trinajstić information content (AvgIpc) is 3.20. The second kappa shape index (κ2) is 6.29. The monoisotopic (exact) mass is 344 g/mol. The van der Waals surface area contributed by atoms with Crippen LogP contribution in [0, 0.1) is 0 Å². The van der Waals surface area contributed by atoms with E-state index in [4.69, 9.17) is 0 Å². The first-order chi connectivity index (χ1) is 12.1. The predicted octanol–water partition coefficient (Wildman–Crippen LogP) is 1.64. The van der Waals surface area contributed by atoms with Gasteiger partial charge < -0.3 is 15.4 Å². The third-order valence-corrected chi connectivity index (χ3v) is 6.00. The van der Waals surface area contributed by atoms with Gasteiger partial charge in [0, 0.05) is 31.4 Å². The molecule has 1 atom stereocenters. The van der Waals surface area contributed by atoms with Crippen molar-refractivity contribution in [3.05, 3.63) is 24.0 Å². The maximum atomic E-state index is 12.6. The highest BCUT2D eigenvalue weighted by atomic mass is 16.5. The molecule has 0 aromatic carbocycles. The van der Waals surface area contributed by atoms with Crippen molar-refractivity contribution in [1.82, 2.24) is 15.2 Å². The van der Waals surface area contributed by atoms with Gasteiger partial charge in [-0.2, -0.15) is 0 Å². The van der Waals surface area contributed by atoms with Crippen LogP contribution in [0.4, 0.5) is 10.5 Å². The van der Waals surface area contributed by atoms with E-state index in [0.29, 0.717) is 6.04 Å². The average molecular weight is 344 g/mol. The topological polar surface area (TPSA) is 83.6 Å². The van der Waals surface area contributed by atoms with Crippen molar-refractivity contribution in [2.24, 2.45) is 0 Å². The van der Waals surface area contributed by atoms with Gasteiger partial charge in [0.05, 0.1) is 23.9 Å². The molecule has 1 aromatic rings. The number of aromatic nitrogens is 1. The van der Waals surface area contributed by atoms with Crippen LogP contribution in [0.15, 0.2) is 18.3 Å². The smallest absolute Gasteiger partial charge is 0.407 e. The fourth-order valence-electron chi connectivity index (χ4n) is 4.62. The zero-order valence-electron chi connectivity index (χ0n) is 14.5. The fourth-order valence-corrected chi connectivity index (χ4v) is 4.62. The van der Waals surface area contributed by atoms with Crippen LogP contribution in [-0.2, 0) is 14.9 Å². The molecule has 1 spiro atoms. The van der Waals surface area contributed by atoms with E-state index in [9.17, 15) is 9.59 Å². The second-order valence-electron chi connectivity index (χ2n) is 7.28. The number of nitrogens with zero attached hydrogens (tertiary/aromatic N) is 2. The number of anilines is 1. The number of amides is 2. The molecule has 7 nitrogen and oxygen atoms in total. The molecule has 3 aliphatic rings. The third-order valence-electron chi connectivity index (χ3n) is 6.00. The molecular weight excluding hydrogens is 320 g/mol. The Balaban J connectivity index is 1.40. The third kappa shape index (κ3) is 2.76. The van der Waals surface area contributed by atoms with Gasteiger partial charge in [-0.05, 0) is 44.2 Å². The molecule has 2 aliphatic heterocycles. The number of fused-ring (bicyclic) bond motifs is 2. The van der Waals surface area contributed by atoms with Crippen molar-refractivity contribution >= 4 is 17.7 Å². The minimum atomic E-state index is -0.448. The molecule has 2 fully saturated rings. The van der Waals surface area contributed by atoms with Crippen molar-refractivity contribution in [3.8, 4) is 0 Å². The number of carbonyl (C=O) groups is 2. The molecule has 134 valence electrons. The number of hydrogen-bond acceptors (Lipinski definition) is 5. The molecular formula is C18H24N4O3. The van der Waals surface area contributed by atoms with Crippen molar-refractivity contribution < 1.29 is 14.3 Å². The van der Waals surface area contributed by atoms with Crippen molar-refractivity contribution in [2.45, 2.75) is 49.6 Å². The van der Waals surface area contributed by atoms with E-state index >= 15 is 0 Å². The van der Waals surface area contributed by atoms with Crippen molar-refractivity contribution in [1.29, 1.82) is 0 Å². The SMILES string of the molecule is COC(=O)N[C@@H]1CCN(C2CCC3(CC2)C(=O)Nc2cccnc23)C1. The van der Waals surface area contributed by atoms with Gasteiger partial charge in [0.15, 0.2) is 0 Å². The Kier molecular flexibility index (Phi) is 4.11. The summed E-state index contributed by atoms with van der Waals surface area (Å²) in [5.41, 5.74) is 1.34. The highest BCUT2D eigenvalue weighted by Crippen LogP contribution is 2.47. The van der Waals surface area contributed by atoms with Crippen LogP contribution in [0.1, 0.15) is 37.8 Å². The van der Waals surface area contributed by atoms with E-state index < -0.39 is 5.41 Å².